The minimum atomic E-state index is -0.471. The molecule has 2 aromatic carbocycles. The predicted octanol–water partition coefficient (Wildman–Crippen LogP) is 2.77. The van der Waals surface area contributed by atoms with Crippen LogP contribution in [0.3, 0.4) is 0 Å². The molecule has 2 aromatic rings. The van der Waals surface area contributed by atoms with Gasteiger partial charge >= 0.3 is 6.09 Å². The summed E-state index contributed by atoms with van der Waals surface area (Å²) in [7, 11) is 0. The minimum Gasteiger partial charge on any atom is -0.507 e. The minimum absolute atomic E-state index is 0.0624. The van der Waals surface area contributed by atoms with Gasteiger partial charge in [-0.3, -0.25) is 4.79 Å². The first-order valence-electron chi connectivity index (χ1n) is 8.33. The van der Waals surface area contributed by atoms with Crippen molar-refractivity contribution in [2.45, 2.75) is 6.42 Å². The lowest BCUT2D eigenvalue weighted by molar-refractivity contribution is 0.0719. The van der Waals surface area contributed by atoms with Crippen LogP contribution in [0.4, 0.5) is 9.18 Å². The summed E-state index contributed by atoms with van der Waals surface area (Å²) in [5, 5.41) is 12.7. The van der Waals surface area contributed by atoms with E-state index < -0.39 is 5.82 Å². The summed E-state index contributed by atoms with van der Waals surface area (Å²) < 4.78 is 18.4. The summed E-state index contributed by atoms with van der Waals surface area (Å²) in [6, 6.07) is 10.2. The molecule has 1 fully saturated rings. The first-order chi connectivity index (χ1) is 12.5. The fourth-order valence-corrected chi connectivity index (χ4v) is 2.77. The molecular weight excluding hydrogens is 339 g/mol. The van der Waals surface area contributed by atoms with Crippen LogP contribution in [0.25, 0.3) is 11.1 Å². The van der Waals surface area contributed by atoms with Gasteiger partial charge in [-0.1, -0.05) is 12.1 Å². The number of ether oxygens (including phenoxy) is 1. The van der Waals surface area contributed by atoms with E-state index in [0.29, 0.717) is 42.9 Å². The van der Waals surface area contributed by atoms with Crippen molar-refractivity contribution in [1.29, 1.82) is 0 Å². The number of phenolic OH excluding ortho intramolecular Hbond substituents is 1. The van der Waals surface area contributed by atoms with E-state index in [9.17, 15) is 19.1 Å². The maximum Gasteiger partial charge on any atom is 0.409 e. The largest absolute Gasteiger partial charge is 0.507 e. The molecule has 1 aliphatic heterocycles. The Morgan fingerprint density at radius 2 is 2.12 bits per heavy atom. The molecule has 26 heavy (non-hydrogen) atoms. The zero-order valence-corrected chi connectivity index (χ0v) is 14.1. The number of hydrogen-bond acceptors (Lipinski definition) is 4. The Kier molecular flexibility index (Phi) is 5.36. The molecule has 3 rings (SSSR count). The second-order valence-corrected chi connectivity index (χ2v) is 5.95. The lowest BCUT2D eigenvalue weighted by Crippen LogP contribution is -2.42. The van der Waals surface area contributed by atoms with Crippen molar-refractivity contribution in [1.82, 2.24) is 10.2 Å². The molecule has 1 aliphatic rings. The van der Waals surface area contributed by atoms with E-state index in [2.05, 4.69) is 5.32 Å². The standard InChI is InChI=1S/C19H19FN2O4/c20-15-5-6-17(23)16(12-15)13-3-1-4-14(11-13)18(24)21-7-9-22-8-2-10-26-19(22)25/h1,3-6,11-12,23H,2,7-10H2,(H,21,24). The number of benzene rings is 2. The van der Waals surface area contributed by atoms with Gasteiger partial charge in [0, 0.05) is 30.8 Å². The van der Waals surface area contributed by atoms with E-state index in [1.165, 1.54) is 18.2 Å². The fraction of sp³-hybridized carbons (Fsp3) is 0.263. The number of nitrogens with one attached hydrogen (secondary N) is 1. The number of halogens is 1. The SMILES string of the molecule is O=C(NCCN1CCCOC1=O)c1cccc(-c2cc(F)ccc2O)c1. The highest BCUT2D eigenvalue weighted by Gasteiger charge is 2.19. The summed E-state index contributed by atoms with van der Waals surface area (Å²) in [6.45, 7) is 1.71. The molecule has 0 aliphatic carbocycles. The number of carbonyl (C=O) groups excluding carboxylic acids is 2. The smallest absolute Gasteiger partial charge is 0.409 e. The van der Waals surface area contributed by atoms with E-state index in [4.69, 9.17) is 4.74 Å². The van der Waals surface area contributed by atoms with Gasteiger partial charge in [0.15, 0.2) is 0 Å². The zero-order chi connectivity index (χ0) is 18.5. The molecule has 0 saturated carbocycles. The Balaban J connectivity index is 1.65. The third-order valence-corrected chi connectivity index (χ3v) is 4.12. The Morgan fingerprint density at radius 3 is 2.92 bits per heavy atom. The molecule has 0 bridgehead atoms. The summed E-state index contributed by atoms with van der Waals surface area (Å²) in [5.74, 6) is -0.846. The van der Waals surface area contributed by atoms with Crippen LogP contribution in [0.15, 0.2) is 42.5 Å². The number of nitrogens with zero attached hydrogens (tertiary/aromatic N) is 1. The molecular formula is C19H19FN2O4. The Hall–Kier alpha value is -3.09. The molecule has 2 amide bonds. The third kappa shape index (κ3) is 4.11. The molecule has 0 aromatic heterocycles. The van der Waals surface area contributed by atoms with Crippen molar-refractivity contribution < 1.29 is 23.8 Å². The highest BCUT2D eigenvalue weighted by Crippen LogP contribution is 2.30. The molecule has 1 saturated heterocycles. The number of aromatic hydroxyl groups is 1. The van der Waals surface area contributed by atoms with Crippen LogP contribution in [-0.4, -0.2) is 48.2 Å². The van der Waals surface area contributed by atoms with E-state index in [-0.39, 0.29) is 17.7 Å². The lowest BCUT2D eigenvalue weighted by Gasteiger charge is -2.26. The van der Waals surface area contributed by atoms with Gasteiger partial charge in [-0.25, -0.2) is 9.18 Å². The van der Waals surface area contributed by atoms with Crippen LogP contribution < -0.4 is 5.32 Å². The van der Waals surface area contributed by atoms with Gasteiger partial charge in [0.25, 0.3) is 5.91 Å². The maximum absolute atomic E-state index is 13.4. The molecule has 0 spiro atoms. The monoisotopic (exact) mass is 358 g/mol. The maximum atomic E-state index is 13.4. The fourth-order valence-electron chi connectivity index (χ4n) is 2.77. The van der Waals surface area contributed by atoms with Gasteiger partial charge in [-0.2, -0.15) is 0 Å². The zero-order valence-electron chi connectivity index (χ0n) is 14.1. The van der Waals surface area contributed by atoms with Crippen LogP contribution in [0.5, 0.6) is 5.75 Å². The molecule has 0 unspecified atom stereocenters. The molecule has 0 atom stereocenters. The Bertz CT molecular complexity index is 825. The second-order valence-electron chi connectivity index (χ2n) is 5.95. The molecule has 7 heteroatoms. The number of carbonyl (C=O) groups is 2. The average molecular weight is 358 g/mol. The van der Waals surface area contributed by atoms with Crippen molar-refractivity contribution in [2.75, 3.05) is 26.2 Å². The number of rotatable bonds is 5. The lowest BCUT2D eigenvalue weighted by atomic mass is 10.0. The summed E-state index contributed by atoms with van der Waals surface area (Å²) in [5.41, 5.74) is 1.23. The van der Waals surface area contributed by atoms with Crippen molar-refractivity contribution >= 4 is 12.0 Å². The van der Waals surface area contributed by atoms with E-state index in [1.54, 1.807) is 29.2 Å². The van der Waals surface area contributed by atoms with Crippen LogP contribution in [0.1, 0.15) is 16.8 Å². The van der Waals surface area contributed by atoms with Gasteiger partial charge in [-0.05, 0) is 42.3 Å². The number of amides is 2. The van der Waals surface area contributed by atoms with Gasteiger partial charge in [0.2, 0.25) is 0 Å². The predicted molar refractivity (Wildman–Crippen MR) is 93.4 cm³/mol. The molecule has 136 valence electrons. The third-order valence-electron chi connectivity index (χ3n) is 4.12. The van der Waals surface area contributed by atoms with Crippen molar-refractivity contribution in [2.24, 2.45) is 0 Å². The van der Waals surface area contributed by atoms with Gasteiger partial charge in [0.1, 0.15) is 11.6 Å². The van der Waals surface area contributed by atoms with Crippen molar-refractivity contribution in [3.8, 4) is 16.9 Å². The molecule has 6 nitrogen and oxygen atoms in total. The summed E-state index contributed by atoms with van der Waals surface area (Å²) in [4.78, 5) is 25.4. The van der Waals surface area contributed by atoms with Crippen LogP contribution >= 0.6 is 0 Å². The van der Waals surface area contributed by atoms with Crippen LogP contribution in [0, 0.1) is 5.82 Å². The van der Waals surface area contributed by atoms with Crippen molar-refractivity contribution in [3.63, 3.8) is 0 Å². The number of phenols is 1. The highest BCUT2D eigenvalue weighted by molar-refractivity contribution is 5.95. The quantitative estimate of drug-likeness (QED) is 0.861. The van der Waals surface area contributed by atoms with Gasteiger partial charge in [-0.15, -0.1) is 0 Å². The summed E-state index contributed by atoms with van der Waals surface area (Å²) >= 11 is 0. The van der Waals surface area contributed by atoms with E-state index >= 15 is 0 Å². The normalized spacial score (nSPS) is 14.0. The first kappa shape index (κ1) is 17.7. The molecule has 1 heterocycles. The van der Waals surface area contributed by atoms with Crippen LogP contribution in [-0.2, 0) is 4.74 Å². The summed E-state index contributed by atoms with van der Waals surface area (Å²) in [6.07, 6.45) is 0.410. The topological polar surface area (TPSA) is 78.9 Å². The van der Waals surface area contributed by atoms with Gasteiger partial charge in [0.05, 0.1) is 6.61 Å². The second kappa shape index (κ2) is 7.86. The van der Waals surface area contributed by atoms with Crippen molar-refractivity contribution in [3.05, 3.63) is 53.8 Å². The number of cyclic esters (lactones) is 1. The molecule has 2 N–H and O–H groups in total. The highest BCUT2D eigenvalue weighted by atomic mass is 19.1. The first-order valence-corrected chi connectivity index (χ1v) is 8.33. The Labute approximate surface area is 150 Å². The van der Waals surface area contributed by atoms with Gasteiger partial charge < -0.3 is 20.1 Å². The molecule has 0 radical (unpaired) electrons. The van der Waals surface area contributed by atoms with E-state index in [1.807, 2.05) is 0 Å². The average Bonchev–Trinajstić information content (AvgIpc) is 2.65. The Morgan fingerprint density at radius 1 is 1.27 bits per heavy atom. The number of hydrogen-bond donors (Lipinski definition) is 2. The van der Waals surface area contributed by atoms with Crippen LogP contribution in [0.2, 0.25) is 0 Å². The van der Waals surface area contributed by atoms with E-state index in [0.717, 1.165) is 6.42 Å².